The molecule has 7 heteroatoms. The first-order valence-electron chi connectivity index (χ1n) is 7.90. The van der Waals surface area contributed by atoms with Crippen molar-refractivity contribution in [3.8, 4) is 0 Å². The predicted molar refractivity (Wildman–Crippen MR) is 103 cm³/mol. The third kappa shape index (κ3) is 4.83. The van der Waals surface area contributed by atoms with Crippen LogP contribution in [0.15, 0.2) is 57.9 Å². The number of halogens is 1. The van der Waals surface area contributed by atoms with E-state index in [9.17, 15) is 13.2 Å². The Hall–Kier alpha value is -1.86. The van der Waals surface area contributed by atoms with Gasteiger partial charge in [-0.25, -0.2) is 8.42 Å². The number of anilines is 1. The summed E-state index contributed by atoms with van der Waals surface area (Å²) in [5, 5.41) is 0. The van der Waals surface area contributed by atoms with E-state index in [0.717, 1.165) is 10.9 Å². The summed E-state index contributed by atoms with van der Waals surface area (Å²) in [7, 11) is -2.05. The zero-order valence-corrected chi connectivity index (χ0v) is 16.8. The molecule has 134 valence electrons. The lowest BCUT2D eigenvalue weighted by molar-refractivity contribution is 0.0740. The molecule has 0 aliphatic rings. The van der Waals surface area contributed by atoms with Crippen molar-refractivity contribution in [1.82, 2.24) is 4.90 Å². The molecule has 25 heavy (non-hydrogen) atoms. The van der Waals surface area contributed by atoms with Gasteiger partial charge >= 0.3 is 0 Å². The first-order valence-corrected chi connectivity index (χ1v) is 10.2. The minimum atomic E-state index is -3.77. The van der Waals surface area contributed by atoms with Crippen LogP contribution >= 0.6 is 15.9 Å². The Kier molecular flexibility index (Phi) is 6.24. The number of carbonyl (C=O) groups is 1. The molecule has 0 fully saturated rings. The number of sulfonamides is 1. The number of rotatable bonds is 6. The summed E-state index contributed by atoms with van der Waals surface area (Å²) in [6.45, 7) is 3.95. The van der Waals surface area contributed by atoms with Gasteiger partial charge in [0.1, 0.15) is 0 Å². The Balaban J connectivity index is 2.27. The Morgan fingerprint density at radius 3 is 2.44 bits per heavy atom. The standard InChI is InChI=1S/C18H21BrN2O3S/c1-4-13(2)21(3)18(22)14-6-5-7-17(12-14)25(23,24)20-16-10-8-15(19)9-11-16/h5-13,20H,4H2,1-3H3. The maximum Gasteiger partial charge on any atom is 0.261 e. The van der Waals surface area contributed by atoms with Crippen molar-refractivity contribution in [1.29, 1.82) is 0 Å². The second kappa shape index (κ2) is 8.01. The maximum absolute atomic E-state index is 12.6. The van der Waals surface area contributed by atoms with Crippen LogP contribution in [0.1, 0.15) is 30.6 Å². The first kappa shape index (κ1) is 19.5. The molecule has 2 aromatic rings. The van der Waals surface area contributed by atoms with Gasteiger partial charge in [-0.2, -0.15) is 0 Å². The molecule has 1 unspecified atom stereocenters. The molecule has 0 aliphatic heterocycles. The topological polar surface area (TPSA) is 66.5 Å². The van der Waals surface area contributed by atoms with Gasteiger partial charge in [-0.3, -0.25) is 9.52 Å². The van der Waals surface area contributed by atoms with Crippen LogP contribution < -0.4 is 4.72 Å². The smallest absolute Gasteiger partial charge is 0.261 e. The maximum atomic E-state index is 12.6. The fourth-order valence-electron chi connectivity index (χ4n) is 2.21. The molecule has 2 rings (SSSR count). The van der Waals surface area contributed by atoms with Crippen LogP contribution in [0.5, 0.6) is 0 Å². The molecule has 5 nitrogen and oxygen atoms in total. The Morgan fingerprint density at radius 2 is 1.84 bits per heavy atom. The summed E-state index contributed by atoms with van der Waals surface area (Å²) in [5.74, 6) is -0.199. The quantitative estimate of drug-likeness (QED) is 0.757. The van der Waals surface area contributed by atoms with Gasteiger partial charge in [-0.1, -0.05) is 28.9 Å². The van der Waals surface area contributed by atoms with E-state index >= 15 is 0 Å². The molecule has 0 spiro atoms. The summed E-state index contributed by atoms with van der Waals surface area (Å²) in [4.78, 5) is 14.2. The molecule has 0 heterocycles. The van der Waals surface area contributed by atoms with Crippen LogP contribution in [0.3, 0.4) is 0 Å². The number of nitrogens with one attached hydrogen (secondary N) is 1. The number of hydrogen-bond acceptors (Lipinski definition) is 3. The summed E-state index contributed by atoms with van der Waals surface area (Å²) in [6.07, 6.45) is 0.825. The van der Waals surface area contributed by atoms with Gasteiger partial charge in [-0.15, -0.1) is 0 Å². The zero-order chi connectivity index (χ0) is 18.6. The fraction of sp³-hybridized carbons (Fsp3) is 0.278. The van der Waals surface area contributed by atoms with Gasteiger partial charge in [0, 0.05) is 28.8 Å². The Morgan fingerprint density at radius 1 is 1.20 bits per heavy atom. The van der Waals surface area contributed by atoms with Crippen LogP contribution in [0.4, 0.5) is 5.69 Å². The van der Waals surface area contributed by atoms with E-state index in [0.29, 0.717) is 11.3 Å². The fourth-order valence-corrected chi connectivity index (χ4v) is 3.57. The van der Waals surface area contributed by atoms with Crippen molar-refractivity contribution in [3.63, 3.8) is 0 Å². The lowest BCUT2D eigenvalue weighted by atomic mass is 10.1. The SMILES string of the molecule is CCC(C)N(C)C(=O)c1cccc(S(=O)(=O)Nc2ccc(Br)cc2)c1. The molecule has 2 aromatic carbocycles. The highest BCUT2D eigenvalue weighted by Gasteiger charge is 2.20. The van der Waals surface area contributed by atoms with Gasteiger partial charge in [0.25, 0.3) is 15.9 Å². The Bertz CT molecular complexity index is 851. The third-order valence-electron chi connectivity index (χ3n) is 4.06. The molecule has 0 saturated carbocycles. The van der Waals surface area contributed by atoms with Crippen molar-refractivity contribution in [2.75, 3.05) is 11.8 Å². The lowest BCUT2D eigenvalue weighted by Gasteiger charge is -2.24. The van der Waals surface area contributed by atoms with Gasteiger partial charge in [-0.05, 0) is 55.8 Å². The molecular weight excluding hydrogens is 404 g/mol. The van der Waals surface area contributed by atoms with Gasteiger partial charge in [0.15, 0.2) is 0 Å². The second-order valence-electron chi connectivity index (χ2n) is 5.81. The monoisotopic (exact) mass is 424 g/mol. The summed E-state index contributed by atoms with van der Waals surface area (Å²) >= 11 is 3.31. The first-order chi connectivity index (χ1) is 11.7. The van der Waals surface area contributed by atoms with Crippen molar-refractivity contribution in [2.45, 2.75) is 31.2 Å². The summed E-state index contributed by atoms with van der Waals surface area (Å²) < 4.78 is 28.5. The highest BCUT2D eigenvalue weighted by molar-refractivity contribution is 9.10. The normalized spacial score (nSPS) is 12.5. The molecule has 0 aliphatic carbocycles. The third-order valence-corrected chi connectivity index (χ3v) is 5.97. The lowest BCUT2D eigenvalue weighted by Crippen LogP contribution is -2.34. The molecule has 1 amide bonds. The largest absolute Gasteiger partial charge is 0.339 e. The molecular formula is C18H21BrN2O3S. The van der Waals surface area contributed by atoms with Gasteiger partial charge in [0.2, 0.25) is 0 Å². The molecule has 1 N–H and O–H groups in total. The van der Waals surface area contributed by atoms with Crippen LogP contribution in [-0.4, -0.2) is 32.3 Å². The number of amides is 1. The van der Waals surface area contributed by atoms with Crippen LogP contribution in [0.25, 0.3) is 0 Å². The highest BCUT2D eigenvalue weighted by atomic mass is 79.9. The van der Waals surface area contributed by atoms with Crippen molar-refractivity contribution >= 4 is 37.5 Å². The number of hydrogen-bond donors (Lipinski definition) is 1. The second-order valence-corrected chi connectivity index (χ2v) is 8.41. The highest BCUT2D eigenvalue weighted by Crippen LogP contribution is 2.20. The molecule has 0 bridgehead atoms. The van der Waals surface area contributed by atoms with E-state index < -0.39 is 10.0 Å². The average molecular weight is 425 g/mol. The minimum absolute atomic E-state index is 0.0545. The van der Waals surface area contributed by atoms with Crippen molar-refractivity contribution < 1.29 is 13.2 Å². The Labute approximate surface area is 157 Å². The van der Waals surface area contributed by atoms with Gasteiger partial charge in [0.05, 0.1) is 4.90 Å². The molecule has 1 atom stereocenters. The molecule has 0 aromatic heterocycles. The van der Waals surface area contributed by atoms with Crippen molar-refractivity contribution in [3.05, 3.63) is 58.6 Å². The average Bonchev–Trinajstić information content (AvgIpc) is 2.61. The molecule has 0 radical (unpaired) electrons. The number of benzene rings is 2. The minimum Gasteiger partial charge on any atom is -0.339 e. The summed E-state index contributed by atoms with van der Waals surface area (Å²) in [6, 6.07) is 13.0. The number of nitrogens with zero attached hydrogens (tertiary/aromatic N) is 1. The van der Waals surface area contributed by atoms with E-state index in [-0.39, 0.29) is 16.8 Å². The van der Waals surface area contributed by atoms with E-state index in [1.165, 1.54) is 12.1 Å². The van der Waals surface area contributed by atoms with E-state index in [1.54, 1.807) is 48.3 Å². The van der Waals surface area contributed by atoms with E-state index in [2.05, 4.69) is 20.7 Å². The van der Waals surface area contributed by atoms with Crippen LogP contribution in [-0.2, 0) is 10.0 Å². The van der Waals surface area contributed by atoms with E-state index in [4.69, 9.17) is 0 Å². The van der Waals surface area contributed by atoms with Crippen molar-refractivity contribution in [2.24, 2.45) is 0 Å². The molecule has 0 saturated heterocycles. The van der Waals surface area contributed by atoms with Crippen LogP contribution in [0, 0.1) is 0 Å². The summed E-state index contributed by atoms with van der Waals surface area (Å²) in [5.41, 5.74) is 0.804. The predicted octanol–water partition coefficient (Wildman–Crippen LogP) is 4.12. The van der Waals surface area contributed by atoms with Gasteiger partial charge < -0.3 is 4.90 Å². The van der Waals surface area contributed by atoms with Crippen LogP contribution in [0.2, 0.25) is 0 Å². The number of carbonyl (C=O) groups excluding carboxylic acids is 1. The van der Waals surface area contributed by atoms with E-state index in [1.807, 2.05) is 13.8 Å². The zero-order valence-electron chi connectivity index (χ0n) is 14.4.